The molecule has 0 fully saturated rings. The topological polar surface area (TPSA) is 78.4 Å². The van der Waals surface area contributed by atoms with Gasteiger partial charge in [0.2, 0.25) is 0 Å². The highest BCUT2D eigenvalue weighted by Crippen LogP contribution is 2.15. The largest absolute Gasteiger partial charge is 0.481 e. The summed E-state index contributed by atoms with van der Waals surface area (Å²) in [5.74, 6) is -0.881. The van der Waals surface area contributed by atoms with Crippen molar-refractivity contribution in [2.45, 2.75) is 20.3 Å². The average molecular weight is 298 g/mol. The zero-order valence-electron chi connectivity index (χ0n) is 12.5. The number of hydrogen-bond donors (Lipinski definition) is 3. The zero-order chi connectivity index (χ0) is 16.1. The monoisotopic (exact) mass is 298 g/mol. The highest BCUT2D eigenvalue weighted by molar-refractivity contribution is 5.99. The predicted octanol–water partition coefficient (Wildman–Crippen LogP) is 3.57. The standard InChI is InChI=1S/C17H18N2O3/c1-11-3-6-15(9-12(11)2)19-17(22)18-14-7-4-13(5-8-14)10-16(20)21/h3-9H,10H2,1-2H3,(H,20,21)(H2,18,19,22). The molecule has 2 amide bonds. The number of hydrogen-bond acceptors (Lipinski definition) is 2. The Morgan fingerprint density at radius 3 is 2.09 bits per heavy atom. The van der Waals surface area contributed by atoms with Gasteiger partial charge in [0.25, 0.3) is 0 Å². The number of rotatable bonds is 4. The van der Waals surface area contributed by atoms with Gasteiger partial charge in [-0.05, 0) is 54.8 Å². The van der Waals surface area contributed by atoms with E-state index in [0.717, 1.165) is 11.3 Å². The van der Waals surface area contributed by atoms with E-state index in [-0.39, 0.29) is 12.5 Å². The van der Waals surface area contributed by atoms with Gasteiger partial charge in [-0.2, -0.15) is 0 Å². The fourth-order valence-corrected chi connectivity index (χ4v) is 1.99. The summed E-state index contributed by atoms with van der Waals surface area (Å²) in [7, 11) is 0. The maximum absolute atomic E-state index is 11.9. The van der Waals surface area contributed by atoms with Crippen LogP contribution in [0, 0.1) is 13.8 Å². The second kappa shape index (κ2) is 6.76. The quantitative estimate of drug-likeness (QED) is 0.807. The summed E-state index contributed by atoms with van der Waals surface area (Å²) in [5, 5.41) is 14.2. The van der Waals surface area contributed by atoms with Gasteiger partial charge in [0, 0.05) is 11.4 Å². The molecule has 0 saturated carbocycles. The number of carboxylic acids is 1. The van der Waals surface area contributed by atoms with Gasteiger partial charge in [-0.25, -0.2) is 4.79 Å². The normalized spacial score (nSPS) is 10.1. The Bertz CT molecular complexity index is 694. The molecule has 3 N–H and O–H groups in total. The van der Waals surface area contributed by atoms with Gasteiger partial charge in [-0.3, -0.25) is 4.79 Å². The van der Waals surface area contributed by atoms with Crippen LogP contribution in [0.4, 0.5) is 16.2 Å². The van der Waals surface area contributed by atoms with Crippen molar-refractivity contribution >= 4 is 23.4 Å². The molecule has 0 atom stereocenters. The smallest absolute Gasteiger partial charge is 0.323 e. The van der Waals surface area contributed by atoms with Crippen LogP contribution in [0.25, 0.3) is 0 Å². The molecule has 5 nitrogen and oxygen atoms in total. The number of urea groups is 1. The Balaban J connectivity index is 1.96. The van der Waals surface area contributed by atoms with Gasteiger partial charge in [0.05, 0.1) is 6.42 Å². The van der Waals surface area contributed by atoms with E-state index in [0.29, 0.717) is 11.3 Å². The van der Waals surface area contributed by atoms with Crippen molar-refractivity contribution < 1.29 is 14.7 Å². The van der Waals surface area contributed by atoms with Crippen LogP contribution in [0.5, 0.6) is 0 Å². The molecule has 2 rings (SSSR count). The van der Waals surface area contributed by atoms with Crippen LogP contribution < -0.4 is 10.6 Å². The first-order valence-corrected chi connectivity index (χ1v) is 6.90. The molecule has 0 radical (unpaired) electrons. The Kier molecular flexibility index (Phi) is 4.78. The van der Waals surface area contributed by atoms with E-state index in [4.69, 9.17) is 5.11 Å². The van der Waals surface area contributed by atoms with E-state index < -0.39 is 5.97 Å². The third-order valence-electron chi connectivity index (χ3n) is 3.33. The summed E-state index contributed by atoms with van der Waals surface area (Å²) in [6.45, 7) is 4.00. The maximum atomic E-state index is 11.9. The van der Waals surface area contributed by atoms with Crippen molar-refractivity contribution in [3.8, 4) is 0 Å². The van der Waals surface area contributed by atoms with Gasteiger partial charge in [-0.1, -0.05) is 18.2 Å². The van der Waals surface area contributed by atoms with Crippen LogP contribution in [0.15, 0.2) is 42.5 Å². The molecule has 0 spiro atoms. The van der Waals surface area contributed by atoms with Crippen molar-refractivity contribution in [3.63, 3.8) is 0 Å². The first kappa shape index (κ1) is 15.6. The molecule has 0 aliphatic rings. The van der Waals surface area contributed by atoms with Crippen molar-refractivity contribution in [1.82, 2.24) is 0 Å². The molecule has 0 aliphatic heterocycles. The predicted molar refractivity (Wildman–Crippen MR) is 86.3 cm³/mol. The lowest BCUT2D eigenvalue weighted by Gasteiger charge is -2.09. The van der Waals surface area contributed by atoms with E-state index in [1.807, 2.05) is 32.0 Å². The fourth-order valence-electron chi connectivity index (χ4n) is 1.99. The Morgan fingerprint density at radius 2 is 1.50 bits per heavy atom. The SMILES string of the molecule is Cc1ccc(NC(=O)Nc2ccc(CC(=O)O)cc2)cc1C. The molecule has 0 heterocycles. The molecular weight excluding hydrogens is 280 g/mol. The number of nitrogens with one attached hydrogen (secondary N) is 2. The van der Waals surface area contributed by atoms with E-state index in [1.54, 1.807) is 24.3 Å². The van der Waals surface area contributed by atoms with Gasteiger partial charge < -0.3 is 15.7 Å². The lowest BCUT2D eigenvalue weighted by molar-refractivity contribution is -0.136. The van der Waals surface area contributed by atoms with Crippen LogP contribution in [-0.2, 0) is 11.2 Å². The highest BCUT2D eigenvalue weighted by atomic mass is 16.4. The van der Waals surface area contributed by atoms with Gasteiger partial charge in [0.15, 0.2) is 0 Å². The molecule has 22 heavy (non-hydrogen) atoms. The van der Waals surface area contributed by atoms with Crippen LogP contribution in [-0.4, -0.2) is 17.1 Å². The Morgan fingerprint density at radius 1 is 0.909 bits per heavy atom. The van der Waals surface area contributed by atoms with Gasteiger partial charge in [0.1, 0.15) is 0 Å². The Hall–Kier alpha value is -2.82. The minimum atomic E-state index is -0.881. The van der Waals surface area contributed by atoms with Crippen molar-refractivity contribution in [2.75, 3.05) is 10.6 Å². The minimum absolute atomic E-state index is 0.0326. The zero-order valence-corrected chi connectivity index (χ0v) is 12.5. The average Bonchev–Trinajstić information content (AvgIpc) is 2.44. The number of aryl methyl sites for hydroxylation is 2. The number of carbonyl (C=O) groups excluding carboxylic acids is 1. The molecule has 0 aliphatic carbocycles. The van der Waals surface area contributed by atoms with Crippen LogP contribution in [0.1, 0.15) is 16.7 Å². The van der Waals surface area contributed by atoms with E-state index in [1.165, 1.54) is 5.56 Å². The van der Waals surface area contributed by atoms with E-state index in [2.05, 4.69) is 10.6 Å². The number of benzene rings is 2. The lowest BCUT2D eigenvalue weighted by Crippen LogP contribution is -2.19. The van der Waals surface area contributed by atoms with E-state index in [9.17, 15) is 9.59 Å². The van der Waals surface area contributed by atoms with E-state index >= 15 is 0 Å². The molecule has 0 bridgehead atoms. The molecule has 0 saturated heterocycles. The third-order valence-corrected chi connectivity index (χ3v) is 3.33. The first-order chi connectivity index (χ1) is 10.4. The number of amides is 2. The number of anilines is 2. The molecule has 0 unspecified atom stereocenters. The maximum Gasteiger partial charge on any atom is 0.323 e. The van der Waals surface area contributed by atoms with Crippen molar-refractivity contribution in [2.24, 2.45) is 0 Å². The minimum Gasteiger partial charge on any atom is -0.481 e. The second-order valence-corrected chi connectivity index (χ2v) is 5.15. The summed E-state index contributed by atoms with van der Waals surface area (Å²) in [4.78, 5) is 22.5. The van der Waals surface area contributed by atoms with Crippen LogP contribution >= 0.6 is 0 Å². The van der Waals surface area contributed by atoms with Crippen molar-refractivity contribution in [3.05, 3.63) is 59.2 Å². The molecule has 2 aromatic rings. The summed E-state index contributed by atoms with van der Waals surface area (Å²) in [6.07, 6.45) is -0.0326. The second-order valence-electron chi connectivity index (χ2n) is 5.15. The number of carboxylic acid groups (broad SMARTS) is 1. The summed E-state index contributed by atoms with van der Waals surface area (Å²) in [5.41, 5.74) is 4.29. The molecule has 114 valence electrons. The van der Waals surface area contributed by atoms with Crippen LogP contribution in [0.3, 0.4) is 0 Å². The molecule has 5 heteroatoms. The lowest BCUT2D eigenvalue weighted by atomic mass is 10.1. The number of carbonyl (C=O) groups is 2. The Labute approximate surface area is 129 Å². The third kappa shape index (κ3) is 4.34. The van der Waals surface area contributed by atoms with Gasteiger partial charge >= 0.3 is 12.0 Å². The molecular formula is C17H18N2O3. The fraction of sp³-hybridized carbons (Fsp3) is 0.176. The highest BCUT2D eigenvalue weighted by Gasteiger charge is 2.05. The summed E-state index contributed by atoms with van der Waals surface area (Å²) in [6, 6.07) is 12.1. The summed E-state index contributed by atoms with van der Waals surface area (Å²) < 4.78 is 0. The molecule has 0 aromatic heterocycles. The van der Waals surface area contributed by atoms with Crippen LogP contribution in [0.2, 0.25) is 0 Å². The number of aliphatic carboxylic acids is 1. The molecule has 2 aromatic carbocycles. The van der Waals surface area contributed by atoms with Crippen molar-refractivity contribution in [1.29, 1.82) is 0 Å². The van der Waals surface area contributed by atoms with Gasteiger partial charge in [-0.15, -0.1) is 0 Å². The summed E-state index contributed by atoms with van der Waals surface area (Å²) >= 11 is 0. The first-order valence-electron chi connectivity index (χ1n) is 6.90.